The number of amides is 2. The first-order valence-electron chi connectivity index (χ1n) is 9.32. The Balaban J connectivity index is 1.36. The third kappa shape index (κ3) is 4.25. The van der Waals surface area contributed by atoms with Crippen molar-refractivity contribution in [3.8, 4) is 0 Å². The zero-order valence-electron chi connectivity index (χ0n) is 15.1. The van der Waals surface area contributed by atoms with E-state index >= 15 is 0 Å². The summed E-state index contributed by atoms with van der Waals surface area (Å²) in [4.78, 5) is 28.2. The summed E-state index contributed by atoms with van der Waals surface area (Å²) in [7, 11) is 0. The van der Waals surface area contributed by atoms with Crippen molar-refractivity contribution in [2.24, 2.45) is 5.92 Å². The third-order valence-corrected chi connectivity index (χ3v) is 6.23. The van der Waals surface area contributed by atoms with E-state index in [1.807, 2.05) is 35.2 Å². The van der Waals surface area contributed by atoms with Gasteiger partial charge in [0, 0.05) is 24.1 Å². The van der Waals surface area contributed by atoms with E-state index in [0.717, 1.165) is 42.9 Å². The van der Waals surface area contributed by atoms with Gasteiger partial charge in [0.1, 0.15) is 0 Å². The summed E-state index contributed by atoms with van der Waals surface area (Å²) in [5, 5.41) is 2.85. The molecule has 2 aliphatic heterocycles. The lowest BCUT2D eigenvalue weighted by Crippen LogP contribution is -2.38. The van der Waals surface area contributed by atoms with Crippen LogP contribution in [0.3, 0.4) is 0 Å². The number of thioether (sulfide) groups is 1. The number of rotatable bonds is 3. The first-order valence-corrected chi connectivity index (χ1v) is 10.1. The molecule has 0 atom stereocenters. The van der Waals surface area contributed by atoms with Gasteiger partial charge in [-0.2, -0.15) is 0 Å². The van der Waals surface area contributed by atoms with Crippen LogP contribution in [-0.2, 0) is 16.0 Å². The highest BCUT2D eigenvalue weighted by atomic mass is 32.2. The minimum atomic E-state index is -0.203. The van der Waals surface area contributed by atoms with Crippen LogP contribution in [0, 0.1) is 5.92 Å². The maximum Gasteiger partial charge on any atom is 0.262 e. The van der Waals surface area contributed by atoms with E-state index in [1.54, 1.807) is 0 Å². The van der Waals surface area contributed by atoms with Crippen molar-refractivity contribution in [3.63, 3.8) is 0 Å². The Morgan fingerprint density at radius 1 is 1.07 bits per heavy atom. The Hall–Kier alpha value is -2.53. The molecular formula is C22H22N2O2S. The Morgan fingerprint density at radius 2 is 1.78 bits per heavy atom. The Bertz CT molecular complexity index is 871. The molecule has 5 heteroatoms. The van der Waals surface area contributed by atoms with Crippen LogP contribution in [0.1, 0.15) is 18.4 Å². The van der Waals surface area contributed by atoms with E-state index in [4.69, 9.17) is 0 Å². The smallest absolute Gasteiger partial charge is 0.262 e. The molecule has 2 aliphatic rings. The van der Waals surface area contributed by atoms with Gasteiger partial charge in [0.2, 0.25) is 5.91 Å². The highest BCUT2D eigenvalue weighted by Crippen LogP contribution is 2.37. The molecule has 0 aromatic heterocycles. The number of piperidine rings is 1. The van der Waals surface area contributed by atoms with Crippen molar-refractivity contribution in [3.05, 3.63) is 71.1 Å². The summed E-state index contributed by atoms with van der Waals surface area (Å²) in [5.74, 6) is 0.347. The van der Waals surface area contributed by atoms with Gasteiger partial charge in [-0.05, 0) is 42.9 Å². The molecule has 0 aliphatic carbocycles. The highest BCUT2D eigenvalue weighted by molar-refractivity contribution is 8.04. The average Bonchev–Trinajstić information content (AvgIpc) is 2.70. The zero-order valence-corrected chi connectivity index (χ0v) is 15.9. The first-order chi connectivity index (χ1) is 13.2. The molecule has 27 heavy (non-hydrogen) atoms. The van der Waals surface area contributed by atoms with E-state index in [-0.39, 0.29) is 11.8 Å². The molecule has 0 radical (unpaired) electrons. The lowest BCUT2D eigenvalue weighted by molar-refractivity contribution is -0.127. The molecule has 2 amide bonds. The number of carbonyl (C=O) groups excluding carboxylic acids is 2. The summed E-state index contributed by atoms with van der Waals surface area (Å²) < 4.78 is 0. The molecule has 0 saturated carbocycles. The standard InChI is InChI=1S/C22H22N2O2S/c25-21(15-20-22(26)23-18-8-4-5-9-19(18)27-20)24-12-10-17(11-13-24)14-16-6-2-1-3-7-16/h1-9,15,17H,10-14H2,(H,23,26)/b20-15+. The van der Waals surface area contributed by atoms with Gasteiger partial charge in [0.05, 0.1) is 10.6 Å². The fourth-order valence-corrected chi connectivity index (χ4v) is 4.53. The Labute approximate surface area is 163 Å². The summed E-state index contributed by atoms with van der Waals surface area (Å²) >= 11 is 1.36. The van der Waals surface area contributed by atoms with Crippen LogP contribution in [0.25, 0.3) is 0 Å². The predicted octanol–water partition coefficient (Wildman–Crippen LogP) is 4.10. The lowest BCUT2D eigenvalue weighted by atomic mass is 9.90. The van der Waals surface area contributed by atoms with Crippen molar-refractivity contribution in [2.45, 2.75) is 24.2 Å². The van der Waals surface area contributed by atoms with Gasteiger partial charge < -0.3 is 10.2 Å². The molecule has 0 unspecified atom stereocenters. The molecule has 2 heterocycles. The SMILES string of the molecule is O=C1Nc2ccccc2S/C1=C/C(=O)N1CCC(Cc2ccccc2)CC1. The van der Waals surface area contributed by atoms with Crippen LogP contribution in [0.5, 0.6) is 0 Å². The van der Waals surface area contributed by atoms with Crippen LogP contribution in [-0.4, -0.2) is 29.8 Å². The van der Waals surface area contributed by atoms with Gasteiger partial charge in [0.25, 0.3) is 5.91 Å². The fourth-order valence-electron chi connectivity index (χ4n) is 3.61. The summed E-state index contributed by atoms with van der Waals surface area (Å²) in [6.45, 7) is 1.51. The second-order valence-electron chi connectivity index (χ2n) is 7.02. The van der Waals surface area contributed by atoms with Crippen LogP contribution in [0.4, 0.5) is 5.69 Å². The Morgan fingerprint density at radius 3 is 2.56 bits per heavy atom. The molecule has 4 rings (SSSR count). The van der Waals surface area contributed by atoms with Crippen molar-refractivity contribution >= 4 is 29.3 Å². The number of carbonyl (C=O) groups is 2. The maximum absolute atomic E-state index is 12.6. The van der Waals surface area contributed by atoms with Gasteiger partial charge in [-0.1, -0.05) is 54.2 Å². The predicted molar refractivity (Wildman–Crippen MR) is 108 cm³/mol. The molecule has 2 aromatic carbocycles. The third-order valence-electron chi connectivity index (χ3n) is 5.13. The lowest BCUT2D eigenvalue weighted by Gasteiger charge is -2.31. The van der Waals surface area contributed by atoms with Crippen molar-refractivity contribution < 1.29 is 9.59 Å². The number of fused-ring (bicyclic) bond motifs is 1. The normalized spacial score (nSPS) is 18.9. The molecule has 0 bridgehead atoms. The van der Waals surface area contributed by atoms with Crippen LogP contribution >= 0.6 is 11.8 Å². The fraction of sp³-hybridized carbons (Fsp3) is 0.273. The van der Waals surface area contributed by atoms with Crippen LogP contribution in [0.15, 0.2) is 70.5 Å². The van der Waals surface area contributed by atoms with Gasteiger partial charge in [0.15, 0.2) is 0 Å². The van der Waals surface area contributed by atoms with E-state index in [9.17, 15) is 9.59 Å². The van der Waals surface area contributed by atoms with Gasteiger partial charge >= 0.3 is 0 Å². The number of hydrogen-bond donors (Lipinski definition) is 1. The monoisotopic (exact) mass is 378 g/mol. The number of benzene rings is 2. The molecule has 1 saturated heterocycles. The summed E-state index contributed by atoms with van der Waals surface area (Å²) in [6.07, 6.45) is 4.57. The second kappa shape index (κ2) is 8.01. The number of likely N-dealkylation sites (tertiary alicyclic amines) is 1. The van der Waals surface area contributed by atoms with Crippen molar-refractivity contribution in [2.75, 3.05) is 18.4 Å². The molecule has 138 valence electrons. The minimum absolute atomic E-state index is 0.0646. The summed E-state index contributed by atoms with van der Waals surface area (Å²) in [5.41, 5.74) is 2.16. The molecule has 4 nitrogen and oxygen atoms in total. The van der Waals surface area contributed by atoms with E-state index in [0.29, 0.717) is 10.8 Å². The quantitative estimate of drug-likeness (QED) is 0.818. The molecular weight excluding hydrogens is 356 g/mol. The first kappa shape index (κ1) is 17.9. The van der Waals surface area contributed by atoms with Crippen molar-refractivity contribution in [1.82, 2.24) is 4.90 Å². The topological polar surface area (TPSA) is 49.4 Å². The molecule has 1 fully saturated rings. The number of para-hydroxylation sites is 1. The summed E-state index contributed by atoms with van der Waals surface area (Å²) in [6, 6.07) is 18.2. The Kier molecular flexibility index (Phi) is 5.30. The minimum Gasteiger partial charge on any atom is -0.339 e. The molecule has 0 spiro atoms. The second-order valence-corrected chi connectivity index (χ2v) is 8.10. The number of nitrogens with one attached hydrogen (secondary N) is 1. The van der Waals surface area contributed by atoms with E-state index < -0.39 is 0 Å². The average molecular weight is 378 g/mol. The van der Waals surface area contributed by atoms with Gasteiger partial charge in [-0.25, -0.2) is 0 Å². The van der Waals surface area contributed by atoms with E-state index in [2.05, 4.69) is 29.6 Å². The van der Waals surface area contributed by atoms with Crippen LogP contribution in [0.2, 0.25) is 0 Å². The zero-order chi connectivity index (χ0) is 18.6. The number of nitrogens with zero attached hydrogens (tertiary/aromatic N) is 1. The molecule has 2 aromatic rings. The molecule has 1 N–H and O–H groups in total. The number of hydrogen-bond acceptors (Lipinski definition) is 3. The highest BCUT2D eigenvalue weighted by Gasteiger charge is 2.25. The van der Waals surface area contributed by atoms with Crippen LogP contribution < -0.4 is 5.32 Å². The van der Waals surface area contributed by atoms with Crippen molar-refractivity contribution in [1.29, 1.82) is 0 Å². The number of anilines is 1. The largest absolute Gasteiger partial charge is 0.339 e. The maximum atomic E-state index is 12.6. The van der Waals surface area contributed by atoms with Gasteiger partial charge in [-0.3, -0.25) is 9.59 Å². The van der Waals surface area contributed by atoms with Gasteiger partial charge in [-0.15, -0.1) is 0 Å². The van der Waals surface area contributed by atoms with E-state index in [1.165, 1.54) is 23.4 Å².